The zero-order valence-corrected chi connectivity index (χ0v) is 15.2. The number of hydrogen-bond acceptors (Lipinski definition) is 4. The molecule has 1 aliphatic carbocycles. The molecule has 0 aromatic carbocycles. The summed E-state index contributed by atoms with van der Waals surface area (Å²) in [7, 11) is -7.12. The van der Waals surface area contributed by atoms with Crippen LogP contribution in [0.25, 0.3) is 0 Å². The molecule has 1 N–H and O–H groups in total. The van der Waals surface area contributed by atoms with Gasteiger partial charge in [0, 0.05) is 0 Å². The van der Waals surface area contributed by atoms with Crippen LogP contribution in [0, 0.1) is 5.92 Å². The Morgan fingerprint density at radius 2 is 2.10 bits per heavy atom. The molecule has 0 saturated carbocycles. The van der Waals surface area contributed by atoms with Crippen molar-refractivity contribution in [2.24, 2.45) is 5.92 Å². The molecule has 1 aliphatic rings. The highest BCUT2D eigenvalue weighted by atomic mass is 35.5. The zero-order chi connectivity index (χ0) is 16.4. The molecule has 0 amide bonds. The highest BCUT2D eigenvalue weighted by Crippen LogP contribution is 2.43. The molecule has 0 heterocycles. The molecule has 0 fully saturated rings. The van der Waals surface area contributed by atoms with Gasteiger partial charge in [-0.1, -0.05) is 44.1 Å². The molecule has 0 spiro atoms. The van der Waals surface area contributed by atoms with Crippen molar-refractivity contribution in [2.45, 2.75) is 44.2 Å². The lowest BCUT2D eigenvalue weighted by Crippen LogP contribution is -2.48. The molecule has 8 heteroatoms. The van der Waals surface area contributed by atoms with Crippen LogP contribution in [0.2, 0.25) is 0 Å². The number of rotatable bonds is 6. The number of hydrogen-bond donors (Lipinski definition) is 1. The summed E-state index contributed by atoms with van der Waals surface area (Å²) < 4.78 is 40.3. The van der Waals surface area contributed by atoms with Gasteiger partial charge in [0.2, 0.25) is 8.03 Å². The minimum Gasteiger partial charge on any atom is -0.345 e. The standard InChI is InChI=1S/C13H22ClO5PS/c1-5-11-6-10(4)12(13(14,7-11)9(2)3)21(17,18)19-8-20(15)16/h6-7,9,12,20H,5,8H2,1-4H3,(H,15,16). The minimum atomic E-state index is -4.09. The van der Waals surface area contributed by atoms with Crippen molar-refractivity contribution in [3.8, 4) is 0 Å². The third-order valence-corrected chi connectivity index (χ3v) is 6.84. The second-order valence-electron chi connectivity index (χ2n) is 5.47. The highest BCUT2D eigenvalue weighted by molar-refractivity contribution is 7.87. The van der Waals surface area contributed by atoms with E-state index in [4.69, 9.17) is 20.7 Å². The Hall–Kier alpha value is -0.130. The smallest absolute Gasteiger partial charge is 0.276 e. The molecular formula is C13H22ClO5PS. The normalized spacial score (nSPS) is 28.2. The van der Waals surface area contributed by atoms with Crippen LogP contribution in [0.15, 0.2) is 23.3 Å². The Kier molecular flexibility index (Phi) is 6.28. The lowest BCUT2D eigenvalue weighted by molar-refractivity contribution is 0.340. The van der Waals surface area contributed by atoms with Crippen molar-refractivity contribution in [1.29, 1.82) is 0 Å². The van der Waals surface area contributed by atoms with E-state index in [2.05, 4.69) is 0 Å². The first-order valence-electron chi connectivity index (χ1n) is 6.73. The fraction of sp³-hybridized carbons (Fsp3) is 0.692. The summed E-state index contributed by atoms with van der Waals surface area (Å²) in [5.41, 5.74) is 1.55. The Morgan fingerprint density at radius 1 is 1.52 bits per heavy atom. The summed E-state index contributed by atoms with van der Waals surface area (Å²) in [4.78, 5) is 7.67. The van der Waals surface area contributed by atoms with Crippen molar-refractivity contribution >= 4 is 29.7 Å². The van der Waals surface area contributed by atoms with Gasteiger partial charge in [-0.05, 0) is 19.3 Å². The van der Waals surface area contributed by atoms with Gasteiger partial charge >= 0.3 is 0 Å². The summed E-state index contributed by atoms with van der Waals surface area (Å²) in [6.45, 7) is 7.34. The Morgan fingerprint density at radius 3 is 2.52 bits per heavy atom. The van der Waals surface area contributed by atoms with Crippen LogP contribution < -0.4 is 0 Å². The molecule has 0 aromatic heterocycles. The van der Waals surface area contributed by atoms with E-state index in [0.29, 0.717) is 5.57 Å². The van der Waals surface area contributed by atoms with Crippen molar-refractivity contribution in [1.82, 2.24) is 0 Å². The summed E-state index contributed by atoms with van der Waals surface area (Å²) in [5.74, 6) is -0.154. The van der Waals surface area contributed by atoms with Gasteiger partial charge in [0.1, 0.15) is 11.6 Å². The summed E-state index contributed by atoms with van der Waals surface area (Å²) >= 11 is 6.64. The van der Waals surface area contributed by atoms with E-state index in [1.807, 2.05) is 20.8 Å². The van der Waals surface area contributed by atoms with Crippen LogP contribution in [0.1, 0.15) is 34.1 Å². The van der Waals surface area contributed by atoms with Gasteiger partial charge in [-0.2, -0.15) is 8.42 Å². The summed E-state index contributed by atoms with van der Waals surface area (Å²) in [6, 6.07) is 0. The quantitative estimate of drug-likeness (QED) is 0.449. The van der Waals surface area contributed by atoms with Gasteiger partial charge < -0.3 is 4.89 Å². The number of allylic oxidation sites excluding steroid dienone is 3. The molecule has 1 rings (SSSR count). The van der Waals surface area contributed by atoms with Crippen molar-refractivity contribution in [2.75, 3.05) is 6.35 Å². The van der Waals surface area contributed by atoms with Gasteiger partial charge in [0.25, 0.3) is 10.1 Å². The first-order chi connectivity index (χ1) is 9.54. The Labute approximate surface area is 132 Å². The Bertz CT molecular complexity index is 581. The fourth-order valence-corrected chi connectivity index (χ4v) is 5.58. The fourth-order valence-electron chi connectivity index (χ4n) is 2.44. The predicted octanol–water partition coefficient (Wildman–Crippen LogP) is 3.06. The topological polar surface area (TPSA) is 80.7 Å². The third-order valence-electron chi connectivity index (χ3n) is 3.56. The van der Waals surface area contributed by atoms with E-state index < -0.39 is 34.6 Å². The first kappa shape index (κ1) is 18.9. The number of alkyl halides is 1. The van der Waals surface area contributed by atoms with E-state index in [0.717, 1.165) is 12.0 Å². The van der Waals surface area contributed by atoms with Crippen molar-refractivity contribution < 1.29 is 22.1 Å². The van der Waals surface area contributed by atoms with Crippen LogP contribution >= 0.6 is 19.6 Å². The lowest BCUT2D eigenvalue weighted by atomic mass is 9.81. The van der Waals surface area contributed by atoms with Gasteiger partial charge in [0.15, 0.2) is 0 Å². The predicted molar refractivity (Wildman–Crippen MR) is 85.4 cm³/mol. The van der Waals surface area contributed by atoms with Crippen LogP contribution in [0.4, 0.5) is 0 Å². The molecule has 0 radical (unpaired) electrons. The van der Waals surface area contributed by atoms with E-state index in [-0.39, 0.29) is 5.92 Å². The molecule has 3 atom stereocenters. The average Bonchev–Trinajstić information content (AvgIpc) is 2.35. The van der Waals surface area contributed by atoms with E-state index >= 15 is 0 Å². The molecule has 5 nitrogen and oxygen atoms in total. The second-order valence-corrected chi connectivity index (χ2v) is 8.90. The Balaban J connectivity index is 3.29. The maximum absolute atomic E-state index is 12.4. The van der Waals surface area contributed by atoms with Gasteiger partial charge in [-0.15, -0.1) is 11.6 Å². The zero-order valence-electron chi connectivity index (χ0n) is 12.6. The average molecular weight is 357 g/mol. The maximum Gasteiger partial charge on any atom is 0.276 e. The molecule has 3 unspecified atom stereocenters. The lowest BCUT2D eigenvalue weighted by Gasteiger charge is -2.39. The van der Waals surface area contributed by atoms with Crippen molar-refractivity contribution in [3.63, 3.8) is 0 Å². The third kappa shape index (κ3) is 4.20. The summed E-state index contributed by atoms with van der Waals surface area (Å²) in [5, 5.41) is -1.07. The van der Waals surface area contributed by atoms with Crippen LogP contribution in [-0.4, -0.2) is 29.8 Å². The van der Waals surface area contributed by atoms with Gasteiger partial charge in [0.05, 0.1) is 4.87 Å². The molecular weight excluding hydrogens is 335 g/mol. The molecule has 0 aromatic rings. The van der Waals surface area contributed by atoms with Crippen molar-refractivity contribution in [3.05, 3.63) is 23.3 Å². The van der Waals surface area contributed by atoms with Crippen LogP contribution in [0.3, 0.4) is 0 Å². The molecule has 122 valence electrons. The summed E-state index contributed by atoms with van der Waals surface area (Å²) in [6.07, 6.45) is 3.58. The molecule has 0 aliphatic heterocycles. The second kappa shape index (κ2) is 6.97. The molecule has 0 bridgehead atoms. The van der Waals surface area contributed by atoms with Crippen LogP contribution in [-0.2, 0) is 18.9 Å². The monoisotopic (exact) mass is 356 g/mol. The van der Waals surface area contributed by atoms with E-state index in [9.17, 15) is 13.0 Å². The SMILES string of the molecule is CCC1=CC(Cl)(C(C)C)C(S(=O)(=O)OC[PH](=O)O)C(C)=C1. The van der Waals surface area contributed by atoms with E-state index in [1.54, 1.807) is 19.1 Å². The van der Waals surface area contributed by atoms with E-state index in [1.165, 1.54) is 0 Å². The maximum atomic E-state index is 12.4. The highest BCUT2D eigenvalue weighted by Gasteiger charge is 2.49. The van der Waals surface area contributed by atoms with Gasteiger partial charge in [-0.25, -0.2) is 0 Å². The van der Waals surface area contributed by atoms with Crippen LogP contribution in [0.5, 0.6) is 0 Å². The molecule has 21 heavy (non-hydrogen) atoms. The van der Waals surface area contributed by atoms with Gasteiger partial charge in [-0.3, -0.25) is 8.75 Å². The first-order valence-corrected chi connectivity index (χ1v) is 10.1. The minimum absolute atomic E-state index is 0.154. The largest absolute Gasteiger partial charge is 0.345 e. The molecule has 0 saturated heterocycles. The number of halogens is 1.